The van der Waals surface area contributed by atoms with Crippen LogP contribution in [0.3, 0.4) is 0 Å². The van der Waals surface area contributed by atoms with Gasteiger partial charge in [0.25, 0.3) is 0 Å². The predicted molar refractivity (Wildman–Crippen MR) is 72.1 cm³/mol. The lowest BCUT2D eigenvalue weighted by Crippen LogP contribution is -2.38. The van der Waals surface area contributed by atoms with Gasteiger partial charge in [0.2, 0.25) is 5.82 Å². The van der Waals surface area contributed by atoms with Crippen molar-refractivity contribution in [3.05, 3.63) is 22.2 Å². The van der Waals surface area contributed by atoms with Crippen LogP contribution in [0.5, 0.6) is 0 Å². The maximum Gasteiger partial charge on any atom is 0.311 e. The predicted octanol–water partition coefficient (Wildman–Crippen LogP) is 1.43. The number of ether oxygens (including phenoxy) is 1. The van der Waals surface area contributed by atoms with Crippen molar-refractivity contribution in [2.75, 3.05) is 37.4 Å². The Labute approximate surface area is 111 Å². The molecule has 2 rings (SSSR count). The topological polar surface area (TPSA) is 94.5 Å². The third-order valence-corrected chi connectivity index (χ3v) is 3.29. The van der Waals surface area contributed by atoms with Gasteiger partial charge in [-0.3, -0.25) is 10.1 Å². The van der Waals surface area contributed by atoms with Gasteiger partial charge in [0.05, 0.1) is 11.5 Å². The molecule has 1 saturated heterocycles. The van der Waals surface area contributed by atoms with E-state index in [-0.39, 0.29) is 5.69 Å². The Morgan fingerprint density at radius 2 is 2.42 bits per heavy atom. The van der Waals surface area contributed by atoms with Crippen molar-refractivity contribution < 1.29 is 9.66 Å². The molecule has 0 aliphatic carbocycles. The van der Waals surface area contributed by atoms with Crippen molar-refractivity contribution in [3.63, 3.8) is 0 Å². The van der Waals surface area contributed by atoms with Crippen LogP contribution in [0.1, 0.15) is 12.8 Å². The zero-order valence-corrected chi connectivity index (χ0v) is 10.9. The highest BCUT2D eigenvalue weighted by Crippen LogP contribution is 2.30. The van der Waals surface area contributed by atoms with E-state index in [2.05, 4.69) is 4.98 Å². The molecule has 1 aromatic heterocycles. The minimum atomic E-state index is -0.415. The fraction of sp³-hybridized carbons (Fsp3) is 0.583. The molecule has 104 valence electrons. The molecule has 7 nitrogen and oxygen atoms in total. The number of nitrogens with two attached hydrogens (primary N) is 1. The van der Waals surface area contributed by atoms with Gasteiger partial charge in [-0.15, -0.1) is 0 Å². The average molecular weight is 266 g/mol. The third-order valence-electron chi connectivity index (χ3n) is 3.29. The fourth-order valence-electron chi connectivity index (χ4n) is 2.46. The third kappa shape index (κ3) is 3.11. The van der Waals surface area contributed by atoms with Gasteiger partial charge in [-0.1, -0.05) is 0 Å². The van der Waals surface area contributed by atoms with E-state index >= 15 is 0 Å². The minimum Gasteiger partial charge on any atom is -0.384 e. The van der Waals surface area contributed by atoms with Gasteiger partial charge in [-0.2, -0.15) is 0 Å². The number of hydrogen-bond donors (Lipinski definition) is 1. The summed E-state index contributed by atoms with van der Waals surface area (Å²) in [5.41, 5.74) is 5.65. The number of hydrogen-bond acceptors (Lipinski definition) is 6. The molecule has 1 aromatic rings. The lowest BCUT2D eigenvalue weighted by atomic mass is 9.99. The number of rotatable bonds is 4. The summed E-state index contributed by atoms with van der Waals surface area (Å²) < 4.78 is 5.16. The fourth-order valence-corrected chi connectivity index (χ4v) is 2.46. The molecular weight excluding hydrogens is 248 g/mol. The van der Waals surface area contributed by atoms with Crippen molar-refractivity contribution in [2.24, 2.45) is 5.92 Å². The molecule has 0 saturated carbocycles. The first-order valence-corrected chi connectivity index (χ1v) is 6.26. The smallest absolute Gasteiger partial charge is 0.311 e. The van der Waals surface area contributed by atoms with E-state index in [0.29, 0.717) is 30.7 Å². The van der Waals surface area contributed by atoms with Crippen molar-refractivity contribution >= 4 is 17.3 Å². The summed E-state index contributed by atoms with van der Waals surface area (Å²) in [6.07, 6.45) is 2.04. The molecule has 7 heteroatoms. The van der Waals surface area contributed by atoms with E-state index in [1.807, 2.05) is 4.90 Å². The van der Waals surface area contributed by atoms with Crippen LogP contribution in [-0.2, 0) is 4.74 Å². The average Bonchev–Trinajstić information content (AvgIpc) is 2.39. The Balaban J connectivity index is 2.24. The molecule has 2 heterocycles. The van der Waals surface area contributed by atoms with Gasteiger partial charge < -0.3 is 15.4 Å². The van der Waals surface area contributed by atoms with Gasteiger partial charge in [-0.25, -0.2) is 4.98 Å². The summed E-state index contributed by atoms with van der Waals surface area (Å²) >= 11 is 0. The molecule has 0 amide bonds. The van der Waals surface area contributed by atoms with Crippen LogP contribution in [0.15, 0.2) is 12.1 Å². The maximum atomic E-state index is 11.1. The Morgan fingerprint density at radius 1 is 1.63 bits per heavy atom. The molecule has 19 heavy (non-hydrogen) atoms. The maximum absolute atomic E-state index is 11.1. The van der Waals surface area contributed by atoms with Crippen molar-refractivity contribution in [1.82, 2.24) is 4.98 Å². The molecule has 0 aromatic carbocycles. The molecule has 0 spiro atoms. The second-order valence-corrected chi connectivity index (χ2v) is 4.75. The van der Waals surface area contributed by atoms with E-state index in [9.17, 15) is 10.1 Å². The molecule has 0 bridgehead atoms. The van der Waals surface area contributed by atoms with E-state index in [4.69, 9.17) is 10.5 Å². The minimum absolute atomic E-state index is 0.00673. The quantitative estimate of drug-likeness (QED) is 0.654. The Bertz CT molecular complexity index is 464. The van der Waals surface area contributed by atoms with E-state index in [1.54, 1.807) is 7.11 Å². The lowest BCUT2D eigenvalue weighted by molar-refractivity contribution is -0.384. The van der Waals surface area contributed by atoms with Crippen molar-refractivity contribution in [2.45, 2.75) is 12.8 Å². The van der Waals surface area contributed by atoms with Crippen LogP contribution >= 0.6 is 0 Å². The molecule has 1 unspecified atom stereocenters. The van der Waals surface area contributed by atoms with Gasteiger partial charge >= 0.3 is 5.69 Å². The van der Waals surface area contributed by atoms with Crippen LogP contribution in [0.2, 0.25) is 0 Å². The standard InChI is InChI=1S/C12H18N4O3/c1-19-8-9-3-2-6-15(7-9)12-10(16(17)18)4-5-11(13)14-12/h4-5,9H,2-3,6-8H2,1H3,(H2,13,14). The lowest BCUT2D eigenvalue weighted by Gasteiger charge is -2.32. The number of nitrogen functional groups attached to an aromatic ring is 1. The van der Waals surface area contributed by atoms with Crippen LogP contribution in [0, 0.1) is 16.0 Å². The van der Waals surface area contributed by atoms with Gasteiger partial charge in [0.1, 0.15) is 5.82 Å². The van der Waals surface area contributed by atoms with Crippen molar-refractivity contribution in [1.29, 1.82) is 0 Å². The van der Waals surface area contributed by atoms with E-state index in [0.717, 1.165) is 19.4 Å². The van der Waals surface area contributed by atoms with Crippen LogP contribution in [-0.4, -0.2) is 36.7 Å². The summed E-state index contributed by atoms with van der Waals surface area (Å²) in [5.74, 6) is 1.04. The van der Waals surface area contributed by atoms with E-state index < -0.39 is 4.92 Å². The summed E-state index contributed by atoms with van der Waals surface area (Å²) in [6, 6.07) is 2.87. The number of methoxy groups -OCH3 is 1. The zero-order valence-electron chi connectivity index (χ0n) is 10.9. The molecule has 0 radical (unpaired) electrons. The molecular formula is C12H18N4O3. The number of nitro groups is 1. The van der Waals surface area contributed by atoms with Gasteiger partial charge in [-0.05, 0) is 24.8 Å². The van der Waals surface area contributed by atoms with Crippen LogP contribution < -0.4 is 10.6 Å². The first-order valence-electron chi connectivity index (χ1n) is 6.26. The van der Waals surface area contributed by atoms with Crippen LogP contribution in [0.4, 0.5) is 17.3 Å². The summed E-state index contributed by atoms with van der Waals surface area (Å²) in [5, 5.41) is 11.1. The van der Waals surface area contributed by atoms with Crippen LogP contribution in [0.25, 0.3) is 0 Å². The summed E-state index contributed by atoms with van der Waals surface area (Å²) in [7, 11) is 1.67. The number of anilines is 2. The Kier molecular flexibility index (Phi) is 4.16. The molecule has 1 atom stereocenters. The Hall–Kier alpha value is -1.89. The second-order valence-electron chi connectivity index (χ2n) is 4.75. The van der Waals surface area contributed by atoms with Gasteiger partial charge in [0, 0.05) is 26.3 Å². The first-order chi connectivity index (χ1) is 9.11. The first kappa shape index (κ1) is 13.5. The monoisotopic (exact) mass is 266 g/mol. The molecule has 1 aliphatic heterocycles. The normalized spacial score (nSPS) is 19.4. The summed E-state index contributed by atoms with van der Waals surface area (Å²) in [6.45, 7) is 2.13. The van der Waals surface area contributed by atoms with Crippen molar-refractivity contribution in [3.8, 4) is 0 Å². The summed E-state index contributed by atoms with van der Waals surface area (Å²) in [4.78, 5) is 16.7. The van der Waals surface area contributed by atoms with E-state index in [1.165, 1.54) is 12.1 Å². The SMILES string of the molecule is COCC1CCCN(c2nc(N)ccc2[N+](=O)[O-])C1. The molecule has 1 aliphatic rings. The second kappa shape index (κ2) is 5.83. The molecule has 2 N–H and O–H groups in total. The van der Waals surface area contributed by atoms with Gasteiger partial charge in [0.15, 0.2) is 0 Å². The highest BCUT2D eigenvalue weighted by Gasteiger charge is 2.26. The largest absolute Gasteiger partial charge is 0.384 e. The molecule has 1 fully saturated rings. The Morgan fingerprint density at radius 3 is 3.11 bits per heavy atom. The highest BCUT2D eigenvalue weighted by molar-refractivity contribution is 5.61. The number of aromatic nitrogens is 1. The number of nitrogens with zero attached hydrogens (tertiary/aromatic N) is 3. The zero-order chi connectivity index (χ0) is 13.8. The number of pyridine rings is 1. The number of piperidine rings is 1. The highest BCUT2D eigenvalue weighted by atomic mass is 16.6.